The number of aromatic nitrogens is 2. The summed E-state index contributed by atoms with van der Waals surface area (Å²) >= 11 is 0. The number of anilines is 2. The molecule has 5 heterocycles. The Labute approximate surface area is 409 Å². The summed E-state index contributed by atoms with van der Waals surface area (Å²) in [6.07, 6.45) is 10.9. The zero-order chi connectivity index (χ0) is 49.1. The number of nitrogens with one attached hydrogen (secondary N) is 3. The van der Waals surface area contributed by atoms with E-state index in [0.29, 0.717) is 49.3 Å². The van der Waals surface area contributed by atoms with Gasteiger partial charge in [-0.05, 0) is 144 Å². The molecule has 3 aromatic carbocycles. The van der Waals surface area contributed by atoms with Gasteiger partial charge in [-0.3, -0.25) is 19.8 Å². The number of fused-ring (bicyclic) bond motifs is 2. The molecule has 2 saturated heterocycles. The first-order valence-electron chi connectivity index (χ1n) is 25.0. The van der Waals surface area contributed by atoms with Gasteiger partial charge in [0, 0.05) is 60.6 Å². The normalized spacial score (nSPS) is 23.7. The van der Waals surface area contributed by atoms with Crippen molar-refractivity contribution in [3.8, 4) is 23.1 Å². The van der Waals surface area contributed by atoms with E-state index in [4.69, 9.17) is 14.2 Å². The molecule has 2 aromatic heterocycles. The van der Waals surface area contributed by atoms with Crippen LogP contribution in [-0.4, -0.2) is 89.3 Å². The number of carbonyl (C=O) groups is 1. The molecule has 16 nitrogen and oxygen atoms in total. The van der Waals surface area contributed by atoms with Gasteiger partial charge in [0.05, 0.1) is 33.1 Å². The highest BCUT2D eigenvalue weighted by Gasteiger charge is 2.50. The van der Waals surface area contributed by atoms with E-state index >= 15 is 0 Å². The Kier molecular flexibility index (Phi) is 12.7. The molecule has 3 aliphatic heterocycles. The van der Waals surface area contributed by atoms with Crippen molar-refractivity contribution in [2.24, 2.45) is 11.3 Å². The molecule has 1 spiro atoms. The highest BCUT2D eigenvalue weighted by Crippen LogP contribution is 2.54. The number of nitrogens with zero attached hydrogens (tertiary/aromatic N) is 4. The molecule has 2 aliphatic carbocycles. The van der Waals surface area contributed by atoms with Crippen LogP contribution in [0, 0.1) is 21.4 Å². The number of ether oxygens (including phenoxy) is 3. The molecular weight excluding hydrogens is 911 g/mol. The second-order valence-corrected chi connectivity index (χ2v) is 23.0. The van der Waals surface area contributed by atoms with Crippen molar-refractivity contribution in [1.82, 2.24) is 19.6 Å². The molecule has 2 atom stereocenters. The lowest BCUT2D eigenvalue weighted by molar-refractivity contribution is -0.384. The Balaban J connectivity index is 0.888. The maximum atomic E-state index is 14.3. The number of nitro groups is 1. The number of amides is 1. The molecule has 0 bridgehead atoms. The van der Waals surface area contributed by atoms with Crippen molar-refractivity contribution in [3.63, 3.8) is 0 Å². The van der Waals surface area contributed by atoms with Crippen molar-refractivity contribution in [3.05, 3.63) is 99.7 Å². The van der Waals surface area contributed by atoms with Crippen LogP contribution < -0.4 is 29.1 Å². The summed E-state index contributed by atoms with van der Waals surface area (Å²) in [7, 11) is -4.71. The fraction of sp³-hybridized carbons (Fsp3) is 0.509. The van der Waals surface area contributed by atoms with Crippen LogP contribution in [0.4, 0.5) is 17.1 Å². The van der Waals surface area contributed by atoms with E-state index in [9.17, 15) is 28.4 Å². The quantitative estimate of drug-likeness (QED) is 0.0642. The molecule has 0 unspecified atom stereocenters. The predicted octanol–water partition coefficient (Wildman–Crippen LogP) is 9.99. The summed E-state index contributed by atoms with van der Waals surface area (Å²) in [5.41, 5.74) is 3.36. The van der Waals surface area contributed by atoms with Crippen molar-refractivity contribution in [1.29, 1.82) is 0 Å². The summed E-state index contributed by atoms with van der Waals surface area (Å²) in [5.74, 6) is 0.0839. The van der Waals surface area contributed by atoms with E-state index in [1.165, 1.54) is 42.9 Å². The molecule has 70 heavy (non-hydrogen) atoms. The molecule has 17 heteroatoms. The number of hydrogen-bond acceptors (Lipinski definition) is 13. The number of hydrogen-bond donors (Lipinski definition) is 4. The van der Waals surface area contributed by atoms with Crippen LogP contribution in [0.3, 0.4) is 0 Å². The van der Waals surface area contributed by atoms with E-state index in [0.717, 1.165) is 49.6 Å². The summed E-state index contributed by atoms with van der Waals surface area (Å²) in [6.45, 7) is 13.0. The van der Waals surface area contributed by atoms with Crippen LogP contribution in [0.25, 0.3) is 11.0 Å². The van der Waals surface area contributed by atoms with Gasteiger partial charge in [0.15, 0.2) is 17.2 Å². The van der Waals surface area contributed by atoms with E-state index in [-0.39, 0.29) is 64.5 Å². The number of benzene rings is 3. The van der Waals surface area contributed by atoms with Gasteiger partial charge in [0.2, 0.25) is 0 Å². The van der Waals surface area contributed by atoms with Gasteiger partial charge in [0.1, 0.15) is 18.0 Å². The second kappa shape index (κ2) is 18.7. The van der Waals surface area contributed by atoms with Gasteiger partial charge in [-0.25, -0.2) is 13.1 Å². The van der Waals surface area contributed by atoms with Gasteiger partial charge in [-0.15, -0.1) is 0 Å². The zero-order valence-corrected chi connectivity index (χ0v) is 41.5. The number of nitro benzene ring substituents is 1. The largest absolute Gasteiger partial charge is 0.489 e. The first kappa shape index (κ1) is 47.8. The minimum atomic E-state index is -4.71. The standard InChI is InChI=1S/C53H65N7O9S/c1-32(2)39-9-6-7-10-40(39)43-11-8-22-59(43)37-29-53(30-37)19-23-58(24-20-53)36-12-13-41(45(26-36)69-47-25-35-16-21-54-49(35)56-51(47)68-33(3)4)50(61)57-70(65,66)38-27-44(60(63)64)48-46(28-38)67-31-42(55-48)34-14-17-52(5,62)18-15-34/h6-7,9-10,12-13,16,21,25-28,32-34,37,42-43,55,62H,8,11,14-15,17-20,22-24,29-31H2,1-5H3,(H,54,56)(H,57,61)/t34?,42-,43+,52?/m1/s1. The molecule has 2 saturated carbocycles. The number of aromatic amines is 1. The smallest absolute Gasteiger partial charge is 0.297 e. The van der Waals surface area contributed by atoms with Gasteiger partial charge < -0.3 is 34.5 Å². The van der Waals surface area contributed by atoms with E-state index in [1.54, 1.807) is 24.4 Å². The number of aliphatic hydroxyl groups is 1. The average Bonchev–Trinajstić information content (AvgIpc) is 4.00. The Morgan fingerprint density at radius 2 is 1.73 bits per heavy atom. The molecular formula is C53H65N7O9S. The van der Waals surface area contributed by atoms with Gasteiger partial charge in [0.25, 0.3) is 27.5 Å². The number of H-pyrrole nitrogens is 1. The third kappa shape index (κ3) is 9.51. The van der Waals surface area contributed by atoms with Crippen LogP contribution >= 0.6 is 0 Å². The Hall–Kier alpha value is -5.91. The maximum Gasteiger partial charge on any atom is 0.297 e. The molecule has 4 N–H and O–H groups in total. The van der Waals surface area contributed by atoms with E-state index in [1.807, 2.05) is 32.9 Å². The average molecular weight is 976 g/mol. The Morgan fingerprint density at radius 1 is 0.971 bits per heavy atom. The molecule has 5 aromatic rings. The molecule has 10 rings (SSSR count). The monoisotopic (exact) mass is 975 g/mol. The van der Waals surface area contributed by atoms with Crippen molar-refractivity contribution in [2.75, 3.05) is 36.5 Å². The minimum Gasteiger partial charge on any atom is -0.489 e. The van der Waals surface area contributed by atoms with E-state index < -0.39 is 37.0 Å². The number of rotatable bonds is 13. The molecule has 372 valence electrons. The molecule has 1 amide bonds. The van der Waals surface area contributed by atoms with Crippen molar-refractivity contribution < 1.29 is 37.5 Å². The summed E-state index contributed by atoms with van der Waals surface area (Å²) < 4.78 is 49.1. The highest BCUT2D eigenvalue weighted by molar-refractivity contribution is 7.90. The van der Waals surface area contributed by atoms with Crippen LogP contribution in [0.15, 0.2) is 77.8 Å². The predicted molar refractivity (Wildman–Crippen MR) is 268 cm³/mol. The van der Waals surface area contributed by atoms with Crippen LogP contribution in [0.5, 0.6) is 23.1 Å². The topological polar surface area (TPSA) is 201 Å². The first-order chi connectivity index (χ1) is 33.4. The Morgan fingerprint density at radius 3 is 2.46 bits per heavy atom. The lowest BCUT2D eigenvalue weighted by Gasteiger charge is -2.56. The summed E-state index contributed by atoms with van der Waals surface area (Å²) in [5, 5.41) is 26.9. The van der Waals surface area contributed by atoms with E-state index in [2.05, 4.69) is 67.9 Å². The lowest BCUT2D eigenvalue weighted by Crippen LogP contribution is -2.54. The van der Waals surface area contributed by atoms with Gasteiger partial charge >= 0.3 is 0 Å². The Bertz CT molecular complexity index is 2890. The zero-order valence-electron chi connectivity index (χ0n) is 40.7. The van der Waals surface area contributed by atoms with Crippen LogP contribution in [0.1, 0.15) is 132 Å². The fourth-order valence-electron chi connectivity index (χ4n) is 11.8. The molecule has 0 radical (unpaired) electrons. The van der Waals surface area contributed by atoms with Crippen molar-refractivity contribution in [2.45, 2.75) is 139 Å². The summed E-state index contributed by atoms with van der Waals surface area (Å²) in [6, 6.07) is 20.6. The first-order valence-corrected chi connectivity index (χ1v) is 26.5. The summed E-state index contributed by atoms with van der Waals surface area (Å²) in [4.78, 5) is 38.5. The lowest BCUT2D eigenvalue weighted by atomic mass is 9.59. The third-order valence-corrected chi connectivity index (χ3v) is 17.0. The number of piperidine rings is 1. The second-order valence-electron chi connectivity index (χ2n) is 21.3. The third-order valence-electron chi connectivity index (χ3n) is 15.7. The van der Waals surface area contributed by atoms with Crippen LogP contribution in [-0.2, 0) is 10.0 Å². The highest BCUT2D eigenvalue weighted by atomic mass is 32.2. The SMILES string of the molecule is CC(C)Oc1nc2[nH]ccc2cc1Oc1cc(N2CCC3(CC2)CC(N2CCC[C@H]2c2ccccc2C(C)C)C3)ccc1C(=O)NS(=O)(=O)c1cc2c(c([N+](=O)[O-])c1)N[C@@H](C1CCC(C)(O)CC1)CO2. The number of carbonyl (C=O) groups excluding carboxylic acids is 1. The number of pyridine rings is 1. The molecule has 4 fully saturated rings. The number of sulfonamides is 1. The maximum absolute atomic E-state index is 14.3. The van der Waals surface area contributed by atoms with Crippen LogP contribution in [0.2, 0.25) is 0 Å². The minimum absolute atomic E-state index is 0.00632. The van der Waals surface area contributed by atoms with Gasteiger partial charge in [-0.2, -0.15) is 4.98 Å². The van der Waals surface area contributed by atoms with Crippen molar-refractivity contribution >= 4 is 44.0 Å². The fourth-order valence-corrected chi connectivity index (χ4v) is 12.8. The molecule has 5 aliphatic rings. The van der Waals surface area contributed by atoms with Gasteiger partial charge in [-0.1, -0.05) is 38.1 Å². The number of likely N-dealkylation sites (tertiary alicyclic amines) is 1.